The van der Waals surface area contributed by atoms with Gasteiger partial charge in [0.25, 0.3) is 0 Å². The highest BCUT2D eigenvalue weighted by Gasteiger charge is 2.55. The summed E-state index contributed by atoms with van der Waals surface area (Å²) in [5.74, 6) is 2.57. The van der Waals surface area contributed by atoms with Crippen molar-refractivity contribution in [3.8, 4) is 29.4 Å². The molecule has 4 atom stereocenters. The molecule has 0 amide bonds. The number of hydrogen-bond donors (Lipinski definition) is 3. The first-order valence-corrected chi connectivity index (χ1v) is 8.64. The molecule has 1 aromatic carbocycles. The number of aliphatic hydroxyl groups excluding tert-OH is 2. The molecule has 3 N–H and O–H groups in total. The van der Waals surface area contributed by atoms with Crippen molar-refractivity contribution in [2.75, 3.05) is 13.7 Å². The van der Waals surface area contributed by atoms with E-state index in [4.69, 9.17) is 15.9 Å². The van der Waals surface area contributed by atoms with Crippen LogP contribution in [-0.4, -0.2) is 61.4 Å². The Bertz CT molecular complexity index is 1050. The molecule has 1 aliphatic rings. The zero-order valence-electron chi connectivity index (χ0n) is 15.1. The Morgan fingerprint density at radius 2 is 2.07 bits per heavy atom. The van der Waals surface area contributed by atoms with Crippen molar-refractivity contribution in [3.63, 3.8) is 0 Å². The number of methoxy groups -OCH3 is 1. The zero-order chi connectivity index (χ0) is 19.9. The van der Waals surface area contributed by atoms with Gasteiger partial charge >= 0.3 is 0 Å². The minimum atomic E-state index is -2.05. The summed E-state index contributed by atoms with van der Waals surface area (Å²) in [6, 6.07) is 9.52. The molecule has 8 heteroatoms. The highest BCUT2D eigenvalue weighted by molar-refractivity contribution is 5.97. The largest absolute Gasteiger partial charge is 0.480 e. The summed E-state index contributed by atoms with van der Waals surface area (Å²) in [6.45, 7) is -0.495. The van der Waals surface area contributed by atoms with E-state index in [1.54, 1.807) is 10.8 Å². The molecule has 0 aliphatic carbocycles. The monoisotopic (exact) mass is 381 g/mol. The van der Waals surface area contributed by atoms with Crippen molar-refractivity contribution in [3.05, 3.63) is 42.9 Å². The van der Waals surface area contributed by atoms with E-state index in [0.29, 0.717) is 16.9 Å². The molecule has 1 aliphatic heterocycles. The Balaban J connectivity index is 1.98. The second-order valence-corrected chi connectivity index (χ2v) is 6.52. The first-order chi connectivity index (χ1) is 13.5. The summed E-state index contributed by atoms with van der Waals surface area (Å²) in [7, 11) is 1.50. The van der Waals surface area contributed by atoms with Crippen LogP contribution in [0.5, 0.6) is 5.88 Å². The maximum Gasteiger partial charge on any atom is 0.226 e. The number of hydrogen-bond acceptors (Lipinski definition) is 7. The van der Waals surface area contributed by atoms with E-state index < -0.39 is 30.6 Å². The van der Waals surface area contributed by atoms with Crippen LogP contribution < -0.4 is 4.74 Å². The number of terminal acetylenes is 1. The lowest BCUT2D eigenvalue weighted by atomic mass is 9.95. The van der Waals surface area contributed by atoms with Crippen LogP contribution in [0, 0.1) is 12.3 Å². The average molecular weight is 381 g/mol. The van der Waals surface area contributed by atoms with Crippen LogP contribution in [0.15, 0.2) is 42.9 Å². The predicted molar refractivity (Wildman–Crippen MR) is 100 cm³/mol. The summed E-state index contributed by atoms with van der Waals surface area (Å²) in [5.41, 5.74) is -0.0140. The fraction of sp³-hybridized carbons (Fsp3) is 0.300. The van der Waals surface area contributed by atoms with E-state index in [9.17, 15) is 15.3 Å². The molecule has 144 valence electrons. The summed E-state index contributed by atoms with van der Waals surface area (Å²) in [4.78, 5) is 8.50. The highest BCUT2D eigenvalue weighted by atomic mass is 16.6. The van der Waals surface area contributed by atoms with E-state index in [2.05, 4.69) is 15.9 Å². The third-order valence-electron chi connectivity index (χ3n) is 5.00. The van der Waals surface area contributed by atoms with Gasteiger partial charge in [0.1, 0.15) is 24.2 Å². The van der Waals surface area contributed by atoms with Crippen LogP contribution in [0.1, 0.15) is 6.23 Å². The summed E-state index contributed by atoms with van der Waals surface area (Å²) in [5, 5.41) is 31.4. The second kappa shape index (κ2) is 6.89. The molecule has 2 aromatic heterocycles. The molecule has 0 bridgehead atoms. The van der Waals surface area contributed by atoms with Crippen LogP contribution in [0.3, 0.4) is 0 Å². The number of benzene rings is 1. The quantitative estimate of drug-likeness (QED) is 0.571. The second-order valence-electron chi connectivity index (χ2n) is 6.52. The third kappa shape index (κ3) is 2.57. The normalized spacial score (nSPS) is 27.0. The smallest absolute Gasteiger partial charge is 0.226 e. The Hall–Kier alpha value is -2.96. The Kier molecular flexibility index (Phi) is 4.53. The average Bonchev–Trinajstić information content (AvgIpc) is 3.24. The standard InChI is InChI=1S/C20H19N3O5/c1-3-20(26)16(25)14(10-24)28-19(20)23-9-13(12-7-5-4-6-8-12)15-17(23)21-11-22-18(15)27-2/h1,4-9,11,14,16,19,24-26H,10H2,2H3/t14-,16-,19-,20-/m1/s1. The Morgan fingerprint density at radius 1 is 1.32 bits per heavy atom. The van der Waals surface area contributed by atoms with Gasteiger partial charge in [0.15, 0.2) is 11.8 Å². The van der Waals surface area contributed by atoms with Crippen LogP contribution in [0.4, 0.5) is 0 Å². The van der Waals surface area contributed by atoms with Gasteiger partial charge in [-0.3, -0.25) is 0 Å². The maximum absolute atomic E-state index is 10.9. The number of fused-ring (bicyclic) bond motifs is 1. The van der Waals surface area contributed by atoms with Crippen molar-refractivity contribution in [2.24, 2.45) is 0 Å². The Labute approximate surface area is 161 Å². The number of aliphatic hydroxyl groups is 3. The molecule has 1 saturated heterocycles. The van der Waals surface area contributed by atoms with Crippen LogP contribution in [-0.2, 0) is 4.74 Å². The van der Waals surface area contributed by atoms with Gasteiger partial charge in [-0.25, -0.2) is 9.97 Å². The lowest BCUT2D eigenvalue weighted by molar-refractivity contribution is -0.0718. The molecule has 0 radical (unpaired) electrons. The van der Waals surface area contributed by atoms with Crippen LogP contribution in [0.25, 0.3) is 22.2 Å². The van der Waals surface area contributed by atoms with Gasteiger partial charge in [0.05, 0.1) is 19.1 Å². The van der Waals surface area contributed by atoms with E-state index in [1.807, 2.05) is 30.3 Å². The van der Waals surface area contributed by atoms with Crippen LogP contribution >= 0.6 is 0 Å². The lowest BCUT2D eigenvalue weighted by Crippen LogP contribution is -2.45. The molecule has 28 heavy (non-hydrogen) atoms. The molecular weight excluding hydrogens is 362 g/mol. The van der Waals surface area contributed by atoms with Crippen molar-refractivity contribution in [1.82, 2.24) is 14.5 Å². The first kappa shape index (κ1) is 18.4. The molecule has 0 saturated carbocycles. The zero-order valence-corrected chi connectivity index (χ0v) is 15.1. The number of ether oxygens (including phenoxy) is 2. The van der Waals surface area contributed by atoms with E-state index >= 15 is 0 Å². The van der Waals surface area contributed by atoms with Gasteiger partial charge in [-0.05, 0) is 5.56 Å². The molecule has 8 nitrogen and oxygen atoms in total. The topological polar surface area (TPSA) is 110 Å². The number of nitrogens with zero attached hydrogens (tertiary/aromatic N) is 3. The van der Waals surface area contributed by atoms with Gasteiger partial charge in [0, 0.05) is 11.8 Å². The minimum Gasteiger partial charge on any atom is -0.480 e. The molecule has 0 spiro atoms. The Morgan fingerprint density at radius 3 is 2.71 bits per heavy atom. The van der Waals surface area contributed by atoms with E-state index in [0.717, 1.165) is 11.1 Å². The summed E-state index contributed by atoms with van der Waals surface area (Å²) >= 11 is 0. The minimum absolute atomic E-state index is 0.351. The van der Waals surface area contributed by atoms with Crippen molar-refractivity contribution >= 4 is 11.0 Å². The summed E-state index contributed by atoms with van der Waals surface area (Å²) in [6.07, 6.45) is 4.92. The third-order valence-corrected chi connectivity index (χ3v) is 5.00. The highest BCUT2D eigenvalue weighted by Crippen LogP contribution is 2.43. The fourth-order valence-corrected chi connectivity index (χ4v) is 3.58. The molecule has 4 rings (SSSR count). The van der Waals surface area contributed by atoms with Crippen molar-refractivity contribution < 1.29 is 24.8 Å². The maximum atomic E-state index is 10.9. The number of aromatic nitrogens is 3. The molecule has 0 unspecified atom stereocenters. The number of rotatable bonds is 4. The van der Waals surface area contributed by atoms with E-state index in [-0.39, 0.29) is 0 Å². The SMILES string of the molecule is C#C[C@@]1(O)[C@H](O)[C@@H](CO)O[C@H]1n1cc(-c2ccccc2)c2c(OC)ncnc21. The predicted octanol–water partition coefficient (Wildman–Crippen LogP) is 0.722. The van der Waals surface area contributed by atoms with Crippen LogP contribution in [0.2, 0.25) is 0 Å². The molecule has 3 heterocycles. The lowest BCUT2D eigenvalue weighted by Gasteiger charge is -2.26. The molecule has 3 aromatic rings. The van der Waals surface area contributed by atoms with Gasteiger partial charge < -0.3 is 29.4 Å². The van der Waals surface area contributed by atoms with E-state index in [1.165, 1.54) is 13.4 Å². The van der Waals surface area contributed by atoms with Gasteiger partial charge in [0.2, 0.25) is 5.88 Å². The van der Waals surface area contributed by atoms with Crippen molar-refractivity contribution in [1.29, 1.82) is 0 Å². The molecule has 1 fully saturated rings. The fourth-order valence-electron chi connectivity index (χ4n) is 3.58. The van der Waals surface area contributed by atoms with Gasteiger partial charge in [-0.2, -0.15) is 0 Å². The van der Waals surface area contributed by atoms with Gasteiger partial charge in [-0.1, -0.05) is 36.3 Å². The first-order valence-electron chi connectivity index (χ1n) is 8.64. The molecular formula is C20H19N3O5. The van der Waals surface area contributed by atoms with Gasteiger partial charge in [-0.15, -0.1) is 6.42 Å². The van der Waals surface area contributed by atoms with Crippen molar-refractivity contribution in [2.45, 2.75) is 24.0 Å². The summed E-state index contributed by atoms with van der Waals surface area (Å²) < 4.78 is 12.7.